The van der Waals surface area contributed by atoms with Crippen LogP contribution in [0, 0.1) is 12.3 Å². The number of hydrogen-bond donors (Lipinski definition) is 1. The van der Waals surface area contributed by atoms with Crippen molar-refractivity contribution in [3.05, 3.63) is 88.5 Å². The molecule has 1 aliphatic rings. The van der Waals surface area contributed by atoms with Crippen LogP contribution in [-0.4, -0.2) is 31.1 Å². The number of imide groups is 2. The van der Waals surface area contributed by atoms with E-state index in [-0.39, 0.29) is 17.9 Å². The van der Waals surface area contributed by atoms with Gasteiger partial charge in [-0.1, -0.05) is 35.7 Å². The zero-order chi connectivity index (χ0) is 27.1. The summed E-state index contributed by atoms with van der Waals surface area (Å²) >= 11 is 5.90. The fourth-order valence-corrected chi connectivity index (χ4v) is 3.74. The predicted octanol–water partition coefficient (Wildman–Crippen LogP) is 5.00. The van der Waals surface area contributed by atoms with E-state index in [0.717, 1.165) is 10.5 Å². The number of halogens is 1. The first-order valence-electron chi connectivity index (χ1n) is 11.6. The molecular weight excluding hydrogens is 508 g/mol. The van der Waals surface area contributed by atoms with Crippen LogP contribution in [0.1, 0.15) is 18.1 Å². The van der Waals surface area contributed by atoms with E-state index in [1.54, 1.807) is 54.6 Å². The third kappa shape index (κ3) is 6.14. The normalized spacial score (nSPS) is 14.2. The third-order valence-corrected chi connectivity index (χ3v) is 5.66. The summed E-state index contributed by atoms with van der Waals surface area (Å²) in [6.07, 6.45) is 6.64. The molecule has 1 heterocycles. The number of hydrogen-bond acceptors (Lipinski definition) is 6. The van der Waals surface area contributed by atoms with Gasteiger partial charge < -0.3 is 14.2 Å². The lowest BCUT2D eigenvalue weighted by Gasteiger charge is -2.26. The number of rotatable bonds is 9. The Hall–Kier alpha value is -4.74. The largest absolute Gasteiger partial charge is 0.490 e. The summed E-state index contributed by atoms with van der Waals surface area (Å²) in [4.78, 5) is 39.3. The molecule has 3 aromatic rings. The standard InChI is InChI=1S/C29H23ClN2O6/c1-3-15-37-25-14-7-20(17-26(25)36-4-2)16-24-27(33)31-29(35)32(28(24)34)22-10-12-23(13-11-22)38-18-19-5-8-21(30)9-6-19/h1,5-14,16-17H,4,15,18H2,2H3,(H,31,33,35)/b24-16+. The van der Waals surface area contributed by atoms with E-state index in [2.05, 4.69) is 11.2 Å². The molecule has 4 amide bonds. The van der Waals surface area contributed by atoms with Crippen LogP contribution in [0.15, 0.2) is 72.3 Å². The lowest BCUT2D eigenvalue weighted by Crippen LogP contribution is -2.54. The molecule has 1 aliphatic heterocycles. The third-order valence-electron chi connectivity index (χ3n) is 5.40. The molecule has 1 fully saturated rings. The highest BCUT2D eigenvalue weighted by Crippen LogP contribution is 2.30. The summed E-state index contributed by atoms with van der Waals surface area (Å²) in [7, 11) is 0. The second-order valence-corrected chi connectivity index (χ2v) is 8.44. The fraction of sp³-hybridized carbons (Fsp3) is 0.138. The number of barbiturate groups is 1. The highest BCUT2D eigenvalue weighted by atomic mass is 35.5. The highest BCUT2D eigenvalue weighted by molar-refractivity contribution is 6.39. The van der Waals surface area contributed by atoms with Gasteiger partial charge in [-0.2, -0.15) is 0 Å². The van der Waals surface area contributed by atoms with Gasteiger partial charge in [0.1, 0.15) is 24.5 Å². The molecule has 0 atom stereocenters. The van der Waals surface area contributed by atoms with E-state index in [9.17, 15) is 14.4 Å². The monoisotopic (exact) mass is 530 g/mol. The molecule has 0 saturated carbocycles. The van der Waals surface area contributed by atoms with Crippen molar-refractivity contribution in [1.82, 2.24) is 5.32 Å². The number of ether oxygens (including phenoxy) is 3. The lowest BCUT2D eigenvalue weighted by atomic mass is 10.1. The quantitative estimate of drug-likeness (QED) is 0.238. The van der Waals surface area contributed by atoms with Crippen LogP contribution in [0.3, 0.4) is 0 Å². The minimum absolute atomic E-state index is 0.0590. The van der Waals surface area contributed by atoms with E-state index >= 15 is 0 Å². The van der Waals surface area contributed by atoms with E-state index < -0.39 is 17.8 Å². The van der Waals surface area contributed by atoms with Gasteiger partial charge in [-0.05, 0) is 72.7 Å². The molecule has 3 aromatic carbocycles. The van der Waals surface area contributed by atoms with Crippen molar-refractivity contribution in [3.63, 3.8) is 0 Å². The van der Waals surface area contributed by atoms with Crippen LogP contribution in [0.25, 0.3) is 6.08 Å². The molecule has 1 N–H and O–H groups in total. The van der Waals surface area contributed by atoms with Gasteiger partial charge in [0.15, 0.2) is 11.5 Å². The average Bonchev–Trinajstić information content (AvgIpc) is 2.91. The maximum absolute atomic E-state index is 13.2. The number of terminal acetylenes is 1. The number of urea groups is 1. The summed E-state index contributed by atoms with van der Waals surface area (Å²) < 4.78 is 16.8. The Bertz CT molecular complexity index is 1420. The van der Waals surface area contributed by atoms with Crippen molar-refractivity contribution in [3.8, 4) is 29.6 Å². The Labute approximate surface area is 224 Å². The van der Waals surface area contributed by atoms with Gasteiger partial charge in [0.25, 0.3) is 11.8 Å². The summed E-state index contributed by atoms with van der Waals surface area (Å²) in [6, 6.07) is 17.7. The topological polar surface area (TPSA) is 94.2 Å². The SMILES string of the molecule is C#CCOc1ccc(/C=C2\C(=O)NC(=O)N(c3ccc(OCc4ccc(Cl)cc4)cc3)C2=O)cc1OCC. The Morgan fingerprint density at radius 3 is 2.37 bits per heavy atom. The minimum Gasteiger partial charge on any atom is -0.490 e. The first-order valence-corrected chi connectivity index (χ1v) is 12.0. The van der Waals surface area contributed by atoms with Crippen molar-refractivity contribution in [2.75, 3.05) is 18.1 Å². The van der Waals surface area contributed by atoms with E-state index in [4.69, 9.17) is 32.2 Å². The van der Waals surface area contributed by atoms with Gasteiger partial charge in [0.05, 0.1) is 12.3 Å². The van der Waals surface area contributed by atoms with Crippen LogP contribution < -0.4 is 24.4 Å². The van der Waals surface area contributed by atoms with Crippen molar-refractivity contribution in [1.29, 1.82) is 0 Å². The molecular formula is C29H23ClN2O6. The van der Waals surface area contributed by atoms with Crippen LogP contribution in [0.5, 0.6) is 17.2 Å². The average molecular weight is 531 g/mol. The second kappa shape index (κ2) is 12.0. The molecule has 4 rings (SSSR count). The summed E-state index contributed by atoms with van der Waals surface area (Å²) in [5.41, 5.74) is 1.49. The maximum atomic E-state index is 13.2. The number of nitrogens with zero attached hydrogens (tertiary/aromatic N) is 1. The molecule has 0 aromatic heterocycles. The number of nitrogens with one attached hydrogen (secondary N) is 1. The number of carbonyl (C=O) groups is 3. The minimum atomic E-state index is -0.847. The van der Waals surface area contributed by atoms with Crippen LogP contribution >= 0.6 is 11.6 Å². The molecule has 9 heteroatoms. The van der Waals surface area contributed by atoms with Crippen LogP contribution in [0.4, 0.5) is 10.5 Å². The molecule has 0 unspecified atom stereocenters. The second-order valence-electron chi connectivity index (χ2n) is 8.00. The number of amides is 4. The summed E-state index contributed by atoms with van der Waals surface area (Å²) in [5.74, 6) is 2.19. The maximum Gasteiger partial charge on any atom is 0.335 e. The van der Waals surface area contributed by atoms with Gasteiger partial charge >= 0.3 is 6.03 Å². The van der Waals surface area contributed by atoms with Crippen molar-refractivity contribution in [2.45, 2.75) is 13.5 Å². The molecule has 0 spiro atoms. The Kier molecular flexibility index (Phi) is 8.31. The first kappa shape index (κ1) is 26.3. The molecule has 1 saturated heterocycles. The molecule has 192 valence electrons. The van der Waals surface area contributed by atoms with Gasteiger partial charge in [0, 0.05) is 5.02 Å². The zero-order valence-electron chi connectivity index (χ0n) is 20.4. The van der Waals surface area contributed by atoms with E-state index in [1.165, 1.54) is 6.08 Å². The summed E-state index contributed by atoms with van der Waals surface area (Å²) in [6.45, 7) is 2.56. The van der Waals surface area contributed by atoms with Gasteiger partial charge in [0.2, 0.25) is 0 Å². The molecule has 0 radical (unpaired) electrons. The van der Waals surface area contributed by atoms with Gasteiger partial charge in [-0.25, -0.2) is 9.69 Å². The molecule has 0 bridgehead atoms. The summed E-state index contributed by atoms with van der Waals surface area (Å²) in [5, 5.41) is 2.85. The first-order chi connectivity index (χ1) is 18.4. The van der Waals surface area contributed by atoms with Crippen molar-refractivity contribution < 1.29 is 28.6 Å². The smallest absolute Gasteiger partial charge is 0.335 e. The van der Waals surface area contributed by atoms with E-state index in [1.807, 2.05) is 19.1 Å². The van der Waals surface area contributed by atoms with Gasteiger partial charge in [-0.15, -0.1) is 6.42 Å². The van der Waals surface area contributed by atoms with Crippen molar-refractivity contribution >= 4 is 41.2 Å². The Morgan fingerprint density at radius 1 is 0.947 bits per heavy atom. The lowest BCUT2D eigenvalue weighted by molar-refractivity contribution is -0.122. The number of carbonyl (C=O) groups excluding carboxylic acids is 3. The molecule has 38 heavy (non-hydrogen) atoms. The zero-order valence-corrected chi connectivity index (χ0v) is 21.2. The number of benzene rings is 3. The Balaban J connectivity index is 1.53. The number of anilines is 1. The van der Waals surface area contributed by atoms with E-state index in [0.29, 0.717) is 41.0 Å². The Morgan fingerprint density at radius 2 is 1.68 bits per heavy atom. The predicted molar refractivity (Wildman–Crippen MR) is 143 cm³/mol. The fourth-order valence-electron chi connectivity index (χ4n) is 3.62. The molecule has 8 nitrogen and oxygen atoms in total. The van der Waals surface area contributed by atoms with Crippen molar-refractivity contribution in [2.24, 2.45) is 0 Å². The highest BCUT2D eigenvalue weighted by Gasteiger charge is 2.36. The van der Waals surface area contributed by atoms with Gasteiger partial charge in [-0.3, -0.25) is 14.9 Å². The van der Waals surface area contributed by atoms with Crippen LogP contribution in [0.2, 0.25) is 5.02 Å². The molecule has 0 aliphatic carbocycles. The van der Waals surface area contributed by atoms with Crippen LogP contribution in [-0.2, 0) is 16.2 Å².